The zero-order valence-corrected chi connectivity index (χ0v) is 31.3. The molecule has 5 rings (SSSR count). The Labute approximate surface area is 315 Å². The predicted molar refractivity (Wildman–Crippen MR) is 206 cm³/mol. The molecule has 3 heterocycles. The number of likely N-dealkylation sites (tertiary alicyclic amines) is 1. The SMILES string of the molecule is COc1cc(-c2cn(C)c(=O)cc2C=N)cc(OC)c1CNCC(=O)NCCCCCC(=O)N1CCC(c2ccc(NC3CCC(=O)NC3=O)cc2)CC1. The van der Waals surface area contributed by atoms with E-state index in [-0.39, 0.29) is 35.7 Å². The van der Waals surface area contributed by atoms with Gasteiger partial charge in [-0.3, -0.25) is 29.3 Å². The van der Waals surface area contributed by atoms with Crippen molar-refractivity contribution in [2.75, 3.05) is 45.7 Å². The number of piperidine rings is 2. The maximum Gasteiger partial charge on any atom is 0.250 e. The highest BCUT2D eigenvalue weighted by atomic mass is 16.5. The van der Waals surface area contributed by atoms with Crippen LogP contribution in [0.5, 0.6) is 11.5 Å². The van der Waals surface area contributed by atoms with Crippen molar-refractivity contribution in [1.82, 2.24) is 25.4 Å². The van der Waals surface area contributed by atoms with Gasteiger partial charge in [0.25, 0.3) is 5.56 Å². The van der Waals surface area contributed by atoms with E-state index in [2.05, 4.69) is 33.4 Å². The molecule has 1 unspecified atom stereocenters. The summed E-state index contributed by atoms with van der Waals surface area (Å²) < 4.78 is 12.8. The van der Waals surface area contributed by atoms with Crippen LogP contribution in [-0.4, -0.2) is 85.8 Å². The maximum absolute atomic E-state index is 12.9. The fraction of sp³-hybridized carbons (Fsp3) is 0.450. The van der Waals surface area contributed by atoms with E-state index in [1.165, 1.54) is 16.2 Å². The second-order valence-corrected chi connectivity index (χ2v) is 13.8. The van der Waals surface area contributed by atoms with Gasteiger partial charge in [0, 0.05) is 86.9 Å². The largest absolute Gasteiger partial charge is 0.496 e. The predicted octanol–water partition coefficient (Wildman–Crippen LogP) is 3.46. The highest BCUT2D eigenvalue weighted by molar-refractivity contribution is 6.01. The minimum atomic E-state index is -0.409. The standard InChI is InChI=1S/C40H51N7O7/c1-46-25-32(29(22-41)21-39(46)51)28-19-34(53-2)31(35(20-28)54-3)23-42-24-37(49)43-16-6-4-5-7-38(50)47-17-14-27(15-18-47)26-8-10-30(11-9-26)44-33-12-13-36(48)45-40(33)52/h8-11,19-22,25,27,33,41-42,44H,4-7,12-18,23-24H2,1-3H3,(H,43,49)(H,45,48,52). The number of hydrogen-bond acceptors (Lipinski definition) is 10. The minimum absolute atomic E-state index is 0.102. The van der Waals surface area contributed by atoms with Crippen LogP contribution in [0.25, 0.3) is 11.1 Å². The van der Waals surface area contributed by atoms with Crippen molar-refractivity contribution in [3.63, 3.8) is 0 Å². The molecule has 288 valence electrons. The monoisotopic (exact) mass is 741 g/mol. The molecule has 5 N–H and O–H groups in total. The second-order valence-electron chi connectivity index (χ2n) is 13.8. The molecule has 0 bridgehead atoms. The smallest absolute Gasteiger partial charge is 0.250 e. The number of unbranched alkanes of at least 4 members (excludes halogenated alkanes) is 2. The third-order valence-electron chi connectivity index (χ3n) is 10.1. The highest BCUT2D eigenvalue weighted by Gasteiger charge is 2.27. The summed E-state index contributed by atoms with van der Waals surface area (Å²) in [5.74, 6) is 0.999. The number of hydrogen-bond donors (Lipinski definition) is 5. The Kier molecular flexibility index (Phi) is 14.0. The highest BCUT2D eigenvalue weighted by Crippen LogP contribution is 2.36. The van der Waals surface area contributed by atoms with Crippen LogP contribution in [0, 0.1) is 5.41 Å². The molecule has 0 radical (unpaired) electrons. The molecular formula is C40H51N7O7. The van der Waals surface area contributed by atoms with Crippen LogP contribution in [0.3, 0.4) is 0 Å². The van der Waals surface area contributed by atoms with Crippen molar-refractivity contribution in [1.29, 1.82) is 5.41 Å². The molecule has 14 nitrogen and oxygen atoms in total. The molecule has 1 aromatic heterocycles. The van der Waals surface area contributed by atoms with Gasteiger partial charge in [-0.25, -0.2) is 0 Å². The number of benzene rings is 2. The lowest BCUT2D eigenvalue weighted by Crippen LogP contribution is -2.47. The van der Waals surface area contributed by atoms with Crippen LogP contribution in [-0.2, 0) is 32.8 Å². The molecule has 4 amide bonds. The molecule has 1 atom stereocenters. The van der Waals surface area contributed by atoms with Crippen molar-refractivity contribution in [2.45, 2.75) is 69.9 Å². The second kappa shape index (κ2) is 19.0. The van der Waals surface area contributed by atoms with E-state index in [1.807, 2.05) is 29.2 Å². The Morgan fingerprint density at radius 2 is 1.67 bits per heavy atom. The lowest BCUT2D eigenvalue weighted by molar-refractivity contribution is -0.134. The van der Waals surface area contributed by atoms with Crippen molar-refractivity contribution in [3.8, 4) is 22.6 Å². The number of anilines is 1. The summed E-state index contributed by atoms with van der Waals surface area (Å²) in [6, 6.07) is 12.8. The van der Waals surface area contributed by atoms with Gasteiger partial charge in [0.2, 0.25) is 23.6 Å². The van der Waals surface area contributed by atoms with Gasteiger partial charge >= 0.3 is 0 Å². The number of carbonyl (C=O) groups is 4. The molecule has 54 heavy (non-hydrogen) atoms. The average molecular weight is 742 g/mol. The summed E-state index contributed by atoms with van der Waals surface area (Å²) in [6.07, 6.45) is 8.33. The Bertz CT molecular complexity index is 1860. The van der Waals surface area contributed by atoms with Crippen molar-refractivity contribution in [2.24, 2.45) is 7.05 Å². The Morgan fingerprint density at radius 3 is 2.31 bits per heavy atom. The molecule has 2 aliphatic rings. The van der Waals surface area contributed by atoms with Crippen LogP contribution < -0.4 is 36.3 Å². The van der Waals surface area contributed by atoms with Crippen LogP contribution in [0.2, 0.25) is 0 Å². The fourth-order valence-corrected chi connectivity index (χ4v) is 6.99. The van der Waals surface area contributed by atoms with E-state index in [0.29, 0.717) is 60.9 Å². The molecule has 2 aromatic carbocycles. The first-order valence-corrected chi connectivity index (χ1v) is 18.5. The molecule has 3 aromatic rings. The Hall–Kier alpha value is -5.50. The number of imide groups is 1. The molecule has 2 aliphatic heterocycles. The van der Waals surface area contributed by atoms with Gasteiger partial charge in [-0.1, -0.05) is 18.6 Å². The van der Waals surface area contributed by atoms with Gasteiger partial charge in [-0.05, 0) is 73.4 Å². The zero-order valence-electron chi connectivity index (χ0n) is 31.3. The molecule has 2 saturated heterocycles. The lowest BCUT2D eigenvalue weighted by atomic mass is 9.89. The fourth-order valence-electron chi connectivity index (χ4n) is 6.99. The van der Waals surface area contributed by atoms with Crippen LogP contribution in [0.15, 0.2) is 53.5 Å². The quantitative estimate of drug-likeness (QED) is 0.0786. The first-order valence-electron chi connectivity index (χ1n) is 18.5. The molecule has 2 fully saturated rings. The summed E-state index contributed by atoms with van der Waals surface area (Å²) in [4.78, 5) is 62.9. The molecule has 0 spiro atoms. The molecular weight excluding hydrogens is 690 g/mol. The lowest BCUT2D eigenvalue weighted by Gasteiger charge is -2.32. The number of ether oxygens (including phenoxy) is 2. The van der Waals surface area contributed by atoms with Gasteiger partial charge in [-0.15, -0.1) is 0 Å². The number of aryl methyl sites for hydroxylation is 1. The third kappa shape index (κ3) is 10.3. The topological polar surface area (TPSA) is 184 Å². The Balaban J connectivity index is 0.967. The number of aromatic nitrogens is 1. The summed E-state index contributed by atoms with van der Waals surface area (Å²) in [5.41, 5.74) is 4.50. The van der Waals surface area contributed by atoms with Crippen molar-refractivity contribution in [3.05, 3.63) is 75.7 Å². The van der Waals surface area contributed by atoms with Crippen LogP contribution >= 0.6 is 0 Å². The van der Waals surface area contributed by atoms with Crippen LogP contribution in [0.4, 0.5) is 5.69 Å². The zero-order chi connectivity index (χ0) is 38.6. The normalized spacial score (nSPS) is 16.1. The summed E-state index contributed by atoms with van der Waals surface area (Å²) in [5, 5.41) is 19.4. The third-order valence-corrected chi connectivity index (χ3v) is 10.1. The van der Waals surface area contributed by atoms with E-state index in [0.717, 1.165) is 68.2 Å². The maximum atomic E-state index is 12.9. The van der Waals surface area contributed by atoms with E-state index in [9.17, 15) is 24.0 Å². The Morgan fingerprint density at radius 1 is 0.963 bits per heavy atom. The van der Waals surface area contributed by atoms with Gasteiger partial charge < -0.3 is 40.3 Å². The van der Waals surface area contributed by atoms with Crippen LogP contribution in [0.1, 0.15) is 74.0 Å². The number of methoxy groups -OCH3 is 2. The van der Waals surface area contributed by atoms with Crippen molar-refractivity contribution >= 4 is 35.5 Å². The number of amides is 4. The first-order chi connectivity index (χ1) is 26.1. The average Bonchev–Trinajstić information content (AvgIpc) is 3.18. The number of rotatable bonds is 17. The number of carbonyl (C=O) groups excluding carboxylic acids is 4. The number of nitrogens with zero attached hydrogens (tertiary/aromatic N) is 2. The van der Waals surface area contributed by atoms with E-state index >= 15 is 0 Å². The summed E-state index contributed by atoms with van der Waals surface area (Å²) >= 11 is 0. The van der Waals surface area contributed by atoms with E-state index < -0.39 is 6.04 Å². The summed E-state index contributed by atoms with van der Waals surface area (Å²) in [7, 11) is 4.76. The summed E-state index contributed by atoms with van der Waals surface area (Å²) in [6.45, 7) is 2.40. The van der Waals surface area contributed by atoms with Gasteiger partial charge in [-0.2, -0.15) is 0 Å². The first kappa shape index (κ1) is 39.7. The van der Waals surface area contributed by atoms with Crippen molar-refractivity contribution < 1.29 is 28.7 Å². The molecule has 0 aliphatic carbocycles. The van der Waals surface area contributed by atoms with Gasteiger partial charge in [0.05, 0.1) is 20.8 Å². The minimum Gasteiger partial charge on any atom is -0.496 e. The molecule has 0 saturated carbocycles. The number of nitrogens with one attached hydrogen (secondary N) is 5. The number of pyridine rings is 1. The van der Waals surface area contributed by atoms with Gasteiger partial charge in [0.15, 0.2) is 0 Å². The van der Waals surface area contributed by atoms with E-state index in [1.54, 1.807) is 27.5 Å². The van der Waals surface area contributed by atoms with E-state index in [4.69, 9.17) is 14.9 Å². The van der Waals surface area contributed by atoms with Gasteiger partial charge in [0.1, 0.15) is 17.5 Å². The molecule has 14 heteroatoms.